The van der Waals surface area contributed by atoms with E-state index in [1.165, 1.54) is 12.1 Å². The molecular weight excluding hydrogens is 630 g/mol. The van der Waals surface area contributed by atoms with Gasteiger partial charge < -0.3 is 10.2 Å². The van der Waals surface area contributed by atoms with Crippen LogP contribution in [0.1, 0.15) is 54.4 Å². The van der Waals surface area contributed by atoms with Crippen molar-refractivity contribution in [3.63, 3.8) is 0 Å². The van der Waals surface area contributed by atoms with E-state index in [1.54, 1.807) is 41.3 Å². The van der Waals surface area contributed by atoms with Crippen molar-refractivity contribution < 1.29 is 18.0 Å². The van der Waals surface area contributed by atoms with E-state index in [2.05, 4.69) is 5.32 Å². The Labute approximate surface area is 283 Å². The molecule has 0 bridgehead atoms. The van der Waals surface area contributed by atoms with Gasteiger partial charge in [0.15, 0.2) is 0 Å². The first-order chi connectivity index (χ1) is 22.6. The average Bonchev–Trinajstić information content (AvgIpc) is 3.07. The van der Waals surface area contributed by atoms with Crippen LogP contribution in [0.3, 0.4) is 0 Å². The fourth-order valence-electron chi connectivity index (χ4n) is 6.09. The van der Waals surface area contributed by atoms with Crippen LogP contribution in [0.25, 0.3) is 0 Å². The molecule has 246 valence electrons. The lowest BCUT2D eigenvalue weighted by molar-refractivity contribution is -0.140. The van der Waals surface area contributed by atoms with Gasteiger partial charge >= 0.3 is 0 Å². The highest BCUT2D eigenvalue weighted by molar-refractivity contribution is 7.92. The molecule has 1 fully saturated rings. The minimum atomic E-state index is -4.19. The van der Waals surface area contributed by atoms with E-state index in [4.69, 9.17) is 11.6 Å². The monoisotopic (exact) mass is 671 g/mol. The lowest BCUT2D eigenvalue weighted by Crippen LogP contribution is -2.55. The van der Waals surface area contributed by atoms with Crippen molar-refractivity contribution in [1.82, 2.24) is 10.2 Å². The van der Waals surface area contributed by atoms with Gasteiger partial charge in [0.2, 0.25) is 11.8 Å². The number of nitrogens with zero attached hydrogens (tertiary/aromatic N) is 2. The van der Waals surface area contributed by atoms with Gasteiger partial charge in [-0.15, -0.1) is 0 Å². The maximum Gasteiger partial charge on any atom is 0.264 e. The topological polar surface area (TPSA) is 86.8 Å². The summed E-state index contributed by atoms with van der Waals surface area (Å²) in [6.07, 6.45) is 5.31. The van der Waals surface area contributed by atoms with E-state index in [1.807, 2.05) is 68.4 Å². The molecule has 4 aromatic rings. The van der Waals surface area contributed by atoms with E-state index >= 15 is 0 Å². The molecule has 47 heavy (non-hydrogen) atoms. The predicted octanol–water partition coefficient (Wildman–Crippen LogP) is 7.24. The van der Waals surface area contributed by atoms with Crippen LogP contribution < -0.4 is 9.62 Å². The average molecular weight is 672 g/mol. The van der Waals surface area contributed by atoms with Gasteiger partial charge in [-0.05, 0) is 67.6 Å². The first kappa shape index (κ1) is 34.2. The molecule has 1 aliphatic rings. The Morgan fingerprint density at radius 3 is 2.15 bits per heavy atom. The van der Waals surface area contributed by atoms with Gasteiger partial charge in [0.25, 0.3) is 10.0 Å². The lowest BCUT2D eigenvalue weighted by atomic mass is 9.94. The molecule has 2 amide bonds. The Kier molecular flexibility index (Phi) is 11.4. The zero-order valence-corrected chi connectivity index (χ0v) is 28.5. The largest absolute Gasteiger partial charge is 0.352 e. The van der Waals surface area contributed by atoms with E-state index < -0.39 is 28.5 Å². The molecule has 7 nitrogen and oxygen atoms in total. The number of benzene rings is 4. The summed E-state index contributed by atoms with van der Waals surface area (Å²) in [6, 6.07) is 29.5. The molecule has 9 heteroatoms. The molecule has 1 unspecified atom stereocenters. The molecule has 0 heterocycles. The van der Waals surface area contributed by atoms with Crippen LogP contribution in [0, 0.1) is 13.8 Å². The van der Waals surface area contributed by atoms with Crippen molar-refractivity contribution in [3.8, 4) is 0 Å². The highest BCUT2D eigenvalue weighted by Gasteiger charge is 2.35. The summed E-state index contributed by atoms with van der Waals surface area (Å²) in [6.45, 7) is 3.41. The van der Waals surface area contributed by atoms with E-state index in [0.717, 1.165) is 58.7 Å². The Morgan fingerprint density at radius 2 is 1.49 bits per heavy atom. The standard InChI is InChI=1S/C38H42ClN3O4S/c1-28-13-12-16-31(23-28)26-41(36(24-30-14-6-3-7-15-30)38(44)40-32-17-8-4-9-18-32)37(43)27-42(33-22-21-29(2)35(39)25-33)47(45,46)34-19-10-5-11-20-34/h3,5-7,10-16,19-23,25,32,36H,4,8-9,17-18,24,26-27H2,1-2H3,(H,40,44). The van der Waals surface area contributed by atoms with E-state index in [-0.39, 0.29) is 35.5 Å². The number of anilines is 1. The van der Waals surface area contributed by atoms with Crippen molar-refractivity contribution in [3.05, 3.63) is 130 Å². The molecule has 0 radical (unpaired) electrons. The van der Waals surface area contributed by atoms with Crippen molar-refractivity contribution >= 4 is 39.1 Å². The van der Waals surface area contributed by atoms with Crippen molar-refractivity contribution in [2.45, 2.75) is 75.9 Å². The molecule has 1 N–H and O–H groups in total. The van der Waals surface area contributed by atoms with Crippen LogP contribution in [0.5, 0.6) is 0 Å². The first-order valence-electron chi connectivity index (χ1n) is 16.1. The SMILES string of the molecule is Cc1cccc(CN(C(=O)CN(c2ccc(C)c(Cl)c2)S(=O)(=O)c2ccccc2)C(Cc2ccccc2)C(=O)NC2CCCCC2)c1. The third-order valence-electron chi connectivity index (χ3n) is 8.71. The van der Waals surface area contributed by atoms with Gasteiger partial charge in [-0.25, -0.2) is 8.42 Å². The van der Waals surface area contributed by atoms with Crippen LogP contribution >= 0.6 is 11.6 Å². The Balaban J connectivity index is 1.57. The zero-order chi connectivity index (χ0) is 33.4. The molecular formula is C38H42ClN3O4S. The summed E-state index contributed by atoms with van der Waals surface area (Å²) >= 11 is 6.48. The summed E-state index contributed by atoms with van der Waals surface area (Å²) < 4.78 is 29.5. The van der Waals surface area contributed by atoms with Crippen LogP contribution in [0.4, 0.5) is 5.69 Å². The van der Waals surface area contributed by atoms with E-state index in [0.29, 0.717) is 5.02 Å². The van der Waals surface area contributed by atoms with Gasteiger partial charge in [-0.2, -0.15) is 0 Å². The van der Waals surface area contributed by atoms with E-state index in [9.17, 15) is 18.0 Å². The van der Waals surface area contributed by atoms with Crippen molar-refractivity contribution in [2.75, 3.05) is 10.8 Å². The molecule has 0 aliphatic heterocycles. The van der Waals surface area contributed by atoms with Gasteiger partial charge in [-0.3, -0.25) is 13.9 Å². The van der Waals surface area contributed by atoms with Crippen LogP contribution in [0.15, 0.2) is 108 Å². The highest BCUT2D eigenvalue weighted by atomic mass is 35.5. The first-order valence-corrected chi connectivity index (χ1v) is 18.0. The quantitative estimate of drug-likeness (QED) is 0.172. The molecule has 1 saturated carbocycles. The van der Waals surface area contributed by atoms with Gasteiger partial charge in [0.1, 0.15) is 12.6 Å². The Hall–Kier alpha value is -4.14. The van der Waals surface area contributed by atoms with Crippen molar-refractivity contribution in [2.24, 2.45) is 0 Å². The maximum atomic E-state index is 14.7. The zero-order valence-electron chi connectivity index (χ0n) is 26.9. The number of amides is 2. The summed E-state index contributed by atoms with van der Waals surface area (Å²) in [7, 11) is -4.19. The van der Waals surface area contributed by atoms with Gasteiger partial charge in [-0.1, -0.05) is 115 Å². The summed E-state index contributed by atoms with van der Waals surface area (Å²) in [5, 5.41) is 3.63. The second-order valence-electron chi connectivity index (χ2n) is 12.3. The van der Waals surface area contributed by atoms with Gasteiger partial charge in [0.05, 0.1) is 10.6 Å². The van der Waals surface area contributed by atoms with Crippen LogP contribution in [-0.2, 0) is 32.6 Å². The fraction of sp³-hybridized carbons (Fsp3) is 0.316. The smallest absolute Gasteiger partial charge is 0.264 e. The number of halogens is 1. The number of rotatable bonds is 12. The number of sulfonamides is 1. The summed E-state index contributed by atoms with van der Waals surface area (Å²) in [5.41, 5.74) is 3.81. The van der Waals surface area contributed by atoms with Crippen LogP contribution in [-0.4, -0.2) is 43.8 Å². The minimum absolute atomic E-state index is 0.0371. The molecule has 4 aromatic carbocycles. The Bertz CT molecular complexity index is 1780. The molecule has 1 aliphatic carbocycles. The normalized spacial score (nSPS) is 14.3. The Morgan fingerprint density at radius 1 is 0.830 bits per heavy atom. The van der Waals surface area contributed by atoms with Gasteiger partial charge in [0, 0.05) is 24.0 Å². The second kappa shape index (κ2) is 15.6. The molecule has 1 atom stereocenters. The molecule has 0 saturated heterocycles. The number of aryl methyl sites for hydroxylation is 2. The van der Waals surface area contributed by atoms with Crippen LogP contribution in [0.2, 0.25) is 5.02 Å². The number of hydrogen-bond acceptors (Lipinski definition) is 4. The lowest BCUT2D eigenvalue weighted by Gasteiger charge is -2.35. The molecule has 0 spiro atoms. The second-order valence-corrected chi connectivity index (χ2v) is 14.6. The number of nitrogens with one attached hydrogen (secondary N) is 1. The number of hydrogen-bond donors (Lipinski definition) is 1. The summed E-state index contributed by atoms with van der Waals surface area (Å²) in [4.78, 5) is 30.5. The number of carbonyl (C=O) groups is 2. The predicted molar refractivity (Wildman–Crippen MR) is 188 cm³/mol. The number of carbonyl (C=O) groups excluding carboxylic acids is 2. The third-order valence-corrected chi connectivity index (χ3v) is 10.9. The summed E-state index contributed by atoms with van der Waals surface area (Å²) in [5.74, 6) is -0.736. The van der Waals surface area contributed by atoms with Crippen molar-refractivity contribution in [1.29, 1.82) is 0 Å². The minimum Gasteiger partial charge on any atom is -0.352 e. The highest BCUT2D eigenvalue weighted by Crippen LogP contribution is 2.29. The molecule has 5 rings (SSSR count). The fourth-order valence-corrected chi connectivity index (χ4v) is 7.69. The molecule has 0 aromatic heterocycles. The third kappa shape index (κ3) is 8.82. The maximum absolute atomic E-state index is 14.7.